The molecular formula is C14H18F3NO3S. The zero-order valence-corrected chi connectivity index (χ0v) is 12.6. The Labute approximate surface area is 127 Å². The van der Waals surface area contributed by atoms with Crippen molar-refractivity contribution in [1.29, 1.82) is 0 Å². The highest BCUT2D eigenvalue weighted by molar-refractivity contribution is 7.88. The lowest BCUT2D eigenvalue weighted by Crippen LogP contribution is -2.39. The van der Waals surface area contributed by atoms with E-state index < -0.39 is 33.6 Å². The van der Waals surface area contributed by atoms with Gasteiger partial charge in [-0.25, -0.2) is 13.1 Å². The summed E-state index contributed by atoms with van der Waals surface area (Å²) in [5.74, 6) is -0.707. The normalized spacial score (nSPS) is 23.5. The van der Waals surface area contributed by atoms with Crippen LogP contribution in [0.2, 0.25) is 0 Å². The largest absolute Gasteiger partial charge is 0.416 e. The van der Waals surface area contributed by atoms with E-state index in [2.05, 4.69) is 4.72 Å². The van der Waals surface area contributed by atoms with Gasteiger partial charge in [-0.1, -0.05) is 18.2 Å². The molecule has 0 saturated heterocycles. The molecule has 22 heavy (non-hydrogen) atoms. The predicted octanol–water partition coefficient (Wildman–Crippen LogP) is 2.43. The van der Waals surface area contributed by atoms with E-state index in [4.69, 9.17) is 0 Å². The molecule has 1 saturated carbocycles. The number of benzene rings is 1. The van der Waals surface area contributed by atoms with E-state index in [-0.39, 0.29) is 11.6 Å². The Bertz CT molecular complexity index is 608. The number of aliphatic hydroxyl groups excluding tert-OH is 1. The number of alkyl halides is 3. The average molecular weight is 337 g/mol. The smallest absolute Gasteiger partial charge is 0.393 e. The van der Waals surface area contributed by atoms with E-state index in [1.807, 2.05) is 0 Å². The molecule has 0 radical (unpaired) electrons. The third-order valence-electron chi connectivity index (χ3n) is 3.71. The van der Waals surface area contributed by atoms with E-state index in [9.17, 15) is 26.7 Å². The van der Waals surface area contributed by atoms with E-state index in [1.54, 1.807) is 0 Å². The maximum Gasteiger partial charge on any atom is 0.416 e. The number of sulfonamides is 1. The maximum absolute atomic E-state index is 12.9. The van der Waals surface area contributed by atoms with Crippen molar-refractivity contribution in [1.82, 2.24) is 4.72 Å². The number of hydrogen-bond acceptors (Lipinski definition) is 3. The highest BCUT2D eigenvalue weighted by Gasteiger charge is 2.34. The Hall–Kier alpha value is -1.12. The maximum atomic E-state index is 12.9. The number of aliphatic hydroxyl groups is 1. The molecule has 2 rings (SSSR count). The molecule has 0 atom stereocenters. The SMILES string of the molecule is O=S(=O)(Cc1ccccc1C(F)(F)F)NC1CCC(O)CC1. The van der Waals surface area contributed by atoms with Crippen LogP contribution < -0.4 is 4.72 Å². The molecule has 0 heterocycles. The van der Waals surface area contributed by atoms with Crippen molar-refractivity contribution in [3.8, 4) is 0 Å². The van der Waals surface area contributed by atoms with Gasteiger partial charge >= 0.3 is 6.18 Å². The number of nitrogens with one attached hydrogen (secondary N) is 1. The molecule has 1 aliphatic carbocycles. The second kappa shape index (κ2) is 6.55. The summed E-state index contributed by atoms with van der Waals surface area (Å²) >= 11 is 0. The van der Waals surface area contributed by atoms with Crippen LogP contribution in [-0.2, 0) is 22.0 Å². The Balaban J connectivity index is 2.09. The van der Waals surface area contributed by atoms with Gasteiger partial charge in [-0.05, 0) is 37.3 Å². The first-order chi connectivity index (χ1) is 10.2. The second-order valence-electron chi connectivity index (χ2n) is 5.54. The first-order valence-electron chi connectivity index (χ1n) is 7.00. The topological polar surface area (TPSA) is 66.4 Å². The summed E-state index contributed by atoms with van der Waals surface area (Å²) < 4.78 is 65.3. The fraction of sp³-hybridized carbons (Fsp3) is 0.571. The predicted molar refractivity (Wildman–Crippen MR) is 75.5 cm³/mol. The van der Waals surface area contributed by atoms with Crippen LogP contribution in [-0.4, -0.2) is 25.7 Å². The molecule has 1 aromatic carbocycles. The van der Waals surface area contributed by atoms with Gasteiger partial charge in [-0.15, -0.1) is 0 Å². The van der Waals surface area contributed by atoms with Crippen molar-refractivity contribution >= 4 is 10.0 Å². The summed E-state index contributed by atoms with van der Waals surface area (Å²) in [6.07, 6.45) is -3.05. The minimum absolute atomic E-state index is 0.265. The zero-order valence-electron chi connectivity index (χ0n) is 11.8. The first kappa shape index (κ1) is 17.2. The highest BCUT2D eigenvalue weighted by atomic mass is 32.2. The van der Waals surface area contributed by atoms with Crippen LogP contribution in [0.25, 0.3) is 0 Å². The molecule has 2 N–H and O–H groups in total. The second-order valence-corrected chi connectivity index (χ2v) is 7.29. The van der Waals surface area contributed by atoms with Gasteiger partial charge in [0.15, 0.2) is 0 Å². The van der Waals surface area contributed by atoms with Crippen molar-refractivity contribution in [3.05, 3.63) is 35.4 Å². The summed E-state index contributed by atoms with van der Waals surface area (Å²) in [6, 6.07) is 4.34. The van der Waals surface area contributed by atoms with Crippen molar-refractivity contribution < 1.29 is 26.7 Å². The molecule has 0 aliphatic heterocycles. The van der Waals surface area contributed by atoms with Crippen LogP contribution in [0.3, 0.4) is 0 Å². The van der Waals surface area contributed by atoms with E-state index in [0.717, 1.165) is 6.07 Å². The lowest BCUT2D eigenvalue weighted by molar-refractivity contribution is -0.138. The zero-order chi connectivity index (χ0) is 16.4. The lowest BCUT2D eigenvalue weighted by atomic mass is 9.94. The van der Waals surface area contributed by atoms with Gasteiger partial charge in [0.25, 0.3) is 0 Å². The van der Waals surface area contributed by atoms with Crippen molar-refractivity contribution in [3.63, 3.8) is 0 Å². The summed E-state index contributed by atoms with van der Waals surface area (Å²) in [5, 5.41) is 9.38. The monoisotopic (exact) mass is 337 g/mol. The average Bonchev–Trinajstić information content (AvgIpc) is 2.40. The van der Waals surface area contributed by atoms with Crippen molar-refractivity contribution in [2.75, 3.05) is 0 Å². The van der Waals surface area contributed by atoms with Crippen LogP contribution in [0.15, 0.2) is 24.3 Å². The number of rotatable bonds is 4. The van der Waals surface area contributed by atoms with Crippen molar-refractivity contribution in [2.24, 2.45) is 0 Å². The van der Waals surface area contributed by atoms with E-state index in [1.165, 1.54) is 18.2 Å². The summed E-state index contributed by atoms with van der Waals surface area (Å²) in [4.78, 5) is 0. The molecular weight excluding hydrogens is 319 g/mol. The molecule has 0 unspecified atom stereocenters. The molecule has 1 fully saturated rings. The number of hydrogen-bond donors (Lipinski definition) is 2. The summed E-state index contributed by atoms with van der Waals surface area (Å²) in [7, 11) is -3.87. The van der Waals surface area contributed by atoms with Gasteiger partial charge < -0.3 is 5.11 Å². The molecule has 0 amide bonds. The molecule has 1 aromatic rings. The molecule has 124 valence electrons. The van der Waals surface area contributed by atoms with Gasteiger partial charge in [0.1, 0.15) is 0 Å². The Morgan fingerprint density at radius 3 is 2.32 bits per heavy atom. The van der Waals surface area contributed by atoms with Crippen molar-refractivity contribution in [2.45, 2.75) is 49.8 Å². The molecule has 1 aliphatic rings. The molecule has 4 nitrogen and oxygen atoms in total. The fourth-order valence-electron chi connectivity index (χ4n) is 2.62. The third-order valence-corrected chi connectivity index (χ3v) is 5.09. The summed E-state index contributed by atoms with van der Waals surface area (Å²) in [6.45, 7) is 0. The molecule has 0 aromatic heterocycles. The minimum Gasteiger partial charge on any atom is -0.393 e. The Morgan fingerprint density at radius 2 is 1.73 bits per heavy atom. The molecule has 0 spiro atoms. The van der Waals surface area contributed by atoms with Gasteiger partial charge in [-0.3, -0.25) is 0 Å². The van der Waals surface area contributed by atoms with E-state index >= 15 is 0 Å². The fourth-order valence-corrected chi connectivity index (χ4v) is 4.10. The molecule has 0 bridgehead atoms. The standard InChI is InChI=1S/C14H18F3NO3S/c15-14(16,17)13-4-2-1-3-10(13)9-22(20,21)18-11-5-7-12(19)8-6-11/h1-4,11-12,18-19H,5-9H2. The van der Waals surface area contributed by atoms with Crippen LogP contribution >= 0.6 is 0 Å². The lowest BCUT2D eigenvalue weighted by Gasteiger charge is -2.26. The van der Waals surface area contributed by atoms with Crippen LogP contribution in [0.5, 0.6) is 0 Å². The minimum atomic E-state index is -4.58. The first-order valence-corrected chi connectivity index (χ1v) is 8.66. The highest BCUT2D eigenvalue weighted by Crippen LogP contribution is 2.32. The molecule has 8 heteroatoms. The van der Waals surface area contributed by atoms with Crippen LogP contribution in [0, 0.1) is 0 Å². The third kappa shape index (κ3) is 4.69. The van der Waals surface area contributed by atoms with E-state index in [0.29, 0.717) is 25.7 Å². The van der Waals surface area contributed by atoms with Gasteiger partial charge in [0.05, 0.1) is 17.4 Å². The van der Waals surface area contributed by atoms with Gasteiger partial charge in [0, 0.05) is 6.04 Å². The van der Waals surface area contributed by atoms with Gasteiger partial charge in [-0.2, -0.15) is 13.2 Å². The Kier molecular flexibility index (Phi) is 5.14. The quantitative estimate of drug-likeness (QED) is 0.887. The van der Waals surface area contributed by atoms with Crippen LogP contribution in [0.4, 0.5) is 13.2 Å². The van der Waals surface area contributed by atoms with Crippen LogP contribution in [0.1, 0.15) is 36.8 Å². The summed E-state index contributed by atoms with van der Waals surface area (Å²) in [5.41, 5.74) is -1.20. The number of halogens is 3. The Morgan fingerprint density at radius 1 is 1.14 bits per heavy atom. The van der Waals surface area contributed by atoms with Gasteiger partial charge in [0.2, 0.25) is 10.0 Å².